The minimum atomic E-state index is -4.50. The molecule has 27 heavy (non-hydrogen) atoms. The lowest BCUT2D eigenvalue weighted by Crippen LogP contribution is -2.21. The number of nitro groups is 1. The molecular weight excluding hydrogens is 393 g/mol. The number of rotatable bonds is 5. The van der Waals surface area contributed by atoms with Crippen molar-refractivity contribution >= 4 is 34.9 Å². The number of alkyl halides is 3. The third kappa shape index (κ3) is 5.42. The molecule has 0 unspecified atom stereocenters. The van der Waals surface area contributed by atoms with Gasteiger partial charge in [0.05, 0.1) is 21.1 Å². The maximum atomic E-state index is 12.5. The Kier molecular flexibility index (Phi) is 6.01. The molecule has 7 nitrogen and oxygen atoms in total. The average Bonchev–Trinajstić information content (AvgIpc) is 2.59. The minimum absolute atomic E-state index is 0.0671. The lowest BCUT2D eigenvalue weighted by molar-refractivity contribution is -0.384. The maximum absolute atomic E-state index is 12.5. The number of non-ortho nitro benzene ring substituents is 1. The number of anilines is 1. The highest BCUT2D eigenvalue weighted by Gasteiger charge is 2.30. The highest BCUT2D eigenvalue weighted by Crippen LogP contribution is 2.29. The van der Waals surface area contributed by atoms with Gasteiger partial charge in [0.25, 0.3) is 11.6 Å². The number of halogens is 4. The molecule has 0 fully saturated rings. The van der Waals surface area contributed by atoms with E-state index in [0.717, 1.165) is 42.5 Å². The molecule has 0 radical (unpaired) electrons. The summed E-state index contributed by atoms with van der Waals surface area (Å²) in [4.78, 5) is 33.6. The van der Waals surface area contributed by atoms with Gasteiger partial charge in [-0.15, -0.1) is 0 Å². The van der Waals surface area contributed by atoms with Crippen molar-refractivity contribution in [1.82, 2.24) is 0 Å². The van der Waals surface area contributed by atoms with Crippen LogP contribution in [0.25, 0.3) is 0 Å². The molecule has 0 saturated heterocycles. The summed E-state index contributed by atoms with van der Waals surface area (Å²) < 4.78 is 42.1. The van der Waals surface area contributed by atoms with Gasteiger partial charge >= 0.3 is 12.1 Å². The molecule has 2 aromatic rings. The summed E-state index contributed by atoms with van der Waals surface area (Å²) in [6.45, 7) is -0.765. The van der Waals surface area contributed by atoms with Crippen LogP contribution in [0.5, 0.6) is 0 Å². The van der Waals surface area contributed by atoms with Crippen LogP contribution >= 0.6 is 11.6 Å². The summed E-state index contributed by atoms with van der Waals surface area (Å²) in [5, 5.41) is 12.9. The number of nitrogens with one attached hydrogen (secondary N) is 1. The molecule has 2 aromatic carbocycles. The Morgan fingerprint density at radius 1 is 1.15 bits per heavy atom. The molecule has 0 aliphatic carbocycles. The van der Waals surface area contributed by atoms with E-state index in [0.29, 0.717) is 0 Å². The van der Waals surface area contributed by atoms with Crippen molar-refractivity contribution in [2.75, 3.05) is 11.9 Å². The Hall–Kier alpha value is -3.14. The fourth-order valence-electron chi connectivity index (χ4n) is 1.93. The number of benzene rings is 2. The molecule has 0 bridgehead atoms. The van der Waals surface area contributed by atoms with Crippen molar-refractivity contribution in [2.24, 2.45) is 0 Å². The van der Waals surface area contributed by atoms with Gasteiger partial charge in [0.15, 0.2) is 6.61 Å². The lowest BCUT2D eigenvalue weighted by Gasteiger charge is -2.09. The number of ether oxygens (including phenoxy) is 1. The Labute approximate surface area is 154 Å². The Morgan fingerprint density at radius 2 is 1.78 bits per heavy atom. The summed E-state index contributed by atoms with van der Waals surface area (Å²) in [7, 11) is 0. The zero-order valence-corrected chi connectivity index (χ0v) is 14.0. The quantitative estimate of drug-likeness (QED) is 0.462. The van der Waals surface area contributed by atoms with Crippen LogP contribution in [0.2, 0.25) is 5.02 Å². The lowest BCUT2D eigenvalue weighted by atomic mass is 10.2. The fraction of sp³-hybridized carbons (Fsp3) is 0.125. The summed E-state index contributed by atoms with van der Waals surface area (Å²) >= 11 is 5.78. The van der Waals surface area contributed by atoms with Gasteiger partial charge in [-0.2, -0.15) is 13.2 Å². The number of hydrogen-bond acceptors (Lipinski definition) is 5. The molecule has 11 heteroatoms. The fourth-order valence-corrected chi connectivity index (χ4v) is 2.13. The standard InChI is InChI=1S/C16H10ClF3N2O5/c17-13-6-5-11(22(25)26)7-12(13)15(24)27-8-14(23)21-10-3-1-9(2-4-10)16(18,19)20/h1-7H,8H2,(H,21,23). The summed E-state index contributed by atoms with van der Waals surface area (Å²) in [6.07, 6.45) is -4.50. The molecule has 1 amide bonds. The number of carbonyl (C=O) groups excluding carboxylic acids is 2. The molecule has 2 rings (SSSR count). The Morgan fingerprint density at radius 3 is 2.33 bits per heavy atom. The number of nitro benzene ring substituents is 1. The van der Waals surface area contributed by atoms with E-state index in [1.54, 1.807) is 0 Å². The SMILES string of the molecule is O=C(COC(=O)c1cc([N+](=O)[O-])ccc1Cl)Nc1ccc(C(F)(F)F)cc1. The van der Waals surface area contributed by atoms with Crippen molar-refractivity contribution < 1.29 is 32.4 Å². The summed E-state index contributed by atoms with van der Waals surface area (Å²) in [6, 6.07) is 6.78. The first-order valence-corrected chi connectivity index (χ1v) is 7.54. The molecule has 0 aliphatic heterocycles. The molecule has 1 N–H and O–H groups in total. The van der Waals surface area contributed by atoms with E-state index < -0.39 is 35.1 Å². The Balaban J connectivity index is 1.96. The van der Waals surface area contributed by atoms with Crippen LogP contribution in [0.15, 0.2) is 42.5 Å². The maximum Gasteiger partial charge on any atom is 0.416 e. The van der Waals surface area contributed by atoms with E-state index in [4.69, 9.17) is 16.3 Å². The van der Waals surface area contributed by atoms with Crippen LogP contribution in [0.4, 0.5) is 24.5 Å². The molecule has 0 aromatic heterocycles. The van der Waals surface area contributed by atoms with E-state index in [2.05, 4.69) is 5.32 Å². The van der Waals surface area contributed by atoms with Gasteiger partial charge in [0, 0.05) is 17.8 Å². The monoisotopic (exact) mass is 402 g/mol. The van der Waals surface area contributed by atoms with Gasteiger partial charge in [-0.1, -0.05) is 11.6 Å². The van der Waals surface area contributed by atoms with Crippen molar-refractivity contribution in [1.29, 1.82) is 0 Å². The normalized spacial score (nSPS) is 11.0. The second kappa shape index (κ2) is 8.04. The van der Waals surface area contributed by atoms with Crippen LogP contribution in [0.3, 0.4) is 0 Å². The van der Waals surface area contributed by atoms with Crippen molar-refractivity contribution in [3.63, 3.8) is 0 Å². The summed E-state index contributed by atoms with van der Waals surface area (Å²) in [5.74, 6) is -1.88. The van der Waals surface area contributed by atoms with Crippen LogP contribution in [0, 0.1) is 10.1 Å². The van der Waals surface area contributed by atoms with Gasteiger partial charge in [-0.05, 0) is 30.3 Å². The third-order valence-electron chi connectivity index (χ3n) is 3.21. The van der Waals surface area contributed by atoms with Crippen LogP contribution in [0.1, 0.15) is 15.9 Å². The van der Waals surface area contributed by atoms with Crippen molar-refractivity contribution in [3.05, 3.63) is 68.7 Å². The molecule has 142 valence electrons. The largest absolute Gasteiger partial charge is 0.452 e. The zero-order valence-electron chi connectivity index (χ0n) is 13.2. The van der Waals surface area contributed by atoms with E-state index in [1.807, 2.05) is 0 Å². The highest BCUT2D eigenvalue weighted by atomic mass is 35.5. The average molecular weight is 403 g/mol. The second-order valence-corrected chi connectivity index (χ2v) is 5.53. The number of nitrogens with zero attached hydrogens (tertiary/aromatic N) is 1. The number of esters is 1. The van der Waals surface area contributed by atoms with Gasteiger partial charge < -0.3 is 10.1 Å². The van der Waals surface area contributed by atoms with E-state index in [1.165, 1.54) is 0 Å². The number of carbonyl (C=O) groups is 2. The van der Waals surface area contributed by atoms with Crippen molar-refractivity contribution in [3.8, 4) is 0 Å². The predicted octanol–water partition coefficient (Wildman–Crippen LogP) is 4.06. The van der Waals surface area contributed by atoms with Gasteiger partial charge in [-0.3, -0.25) is 14.9 Å². The molecule has 0 atom stereocenters. The van der Waals surface area contributed by atoms with E-state index >= 15 is 0 Å². The zero-order chi connectivity index (χ0) is 20.2. The van der Waals surface area contributed by atoms with E-state index in [-0.39, 0.29) is 22.0 Å². The third-order valence-corrected chi connectivity index (χ3v) is 3.54. The highest BCUT2D eigenvalue weighted by molar-refractivity contribution is 6.33. The topological polar surface area (TPSA) is 98.5 Å². The van der Waals surface area contributed by atoms with Gasteiger partial charge in [0.2, 0.25) is 0 Å². The first kappa shape index (κ1) is 20.2. The van der Waals surface area contributed by atoms with Crippen LogP contribution in [-0.4, -0.2) is 23.4 Å². The van der Waals surface area contributed by atoms with Gasteiger partial charge in [0.1, 0.15) is 0 Å². The molecule has 0 heterocycles. The van der Waals surface area contributed by atoms with E-state index in [9.17, 15) is 32.9 Å². The smallest absolute Gasteiger partial charge is 0.416 e. The number of hydrogen-bond donors (Lipinski definition) is 1. The molecule has 0 spiro atoms. The molecule has 0 aliphatic rings. The minimum Gasteiger partial charge on any atom is -0.452 e. The van der Waals surface area contributed by atoms with Gasteiger partial charge in [-0.25, -0.2) is 4.79 Å². The molecule has 0 saturated carbocycles. The van der Waals surface area contributed by atoms with Crippen LogP contribution < -0.4 is 5.32 Å². The Bertz CT molecular complexity index is 885. The predicted molar refractivity (Wildman–Crippen MR) is 88.5 cm³/mol. The number of amides is 1. The van der Waals surface area contributed by atoms with Crippen LogP contribution in [-0.2, 0) is 15.7 Å². The van der Waals surface area contributed by atoms with Crippen molar-refractivity contribution in [2.45, 2.75) is 6.18 Å². The first-order valence-electron chi connectivity index (χ1n) is 7.16. The second-order valence-electron chi connectivity index (χ2n) is 5.12. The molecular formula is C16H10ClF3N2O5. The first-order chi connectivity index (χ1) is 12.6. The summed E-state index contributed by atoms with van der Waals surface area (Å²) in [5.41, 5.74) is -1.50.